The summed E-state index contributed by atoms with van der Waals surface area (Å²) in [6, 6.07) is 10.8. The van der Waals surface area contributed by atoms with Crippen LogP contribution in [0.15, 0.2) is 46.9 Å². The van der Waals surface area contributed by atoms with E-state index in [4.69, 9.17) is 0 Å². The Bertz CT molecular complexity index is 818. The predicted molar refractivity (Wildman–Crippen MR) is 89.2 cm³/mol. The summed E-state index contributed by atoms with van der Waals surface area (Å²) in [4.78, 5) is 37.3. The van der Waals surface area contributed by atoms with Gasteiger partial charge in [0.25, 0.3) is 11.8 Å². The molecule has 1 aliphatic heterocycles. The van der Waals surface area contributed by atoms with Crippen LogP contribution >= 0.6 is 15.9 Å². The van der Waals surface area contributed by atoms with E-state index in [9.17, 15) is 18.8 Å². The van der Waals surface area contributed by atoms with Crippen molar-refractivity contribution in [2.75, 3.05) is 11.9 Å². The molecule has 122 valence electrons. The van der Waals surface area contributed by atoms with Gasteiger partial charge in [-0.05, 0) is 30.3 Å². The maximum Gasteiger partial charge on any atom is 0.261 e. The van der Waals surface area contributed by atoms with E-state index in [1.807, 2.05) is 0 Å². The van der Waals surface area contributed by atoms with Crippen molar-refractivity contribution < 1.29 is 18.8 Å². The van der Waals surface area contributed by atoms with Crippen molar-refractivity contribution in [3.8, 4) is 0 Å². The van der Waals surface area contributed by atoms with Crippen LogP contribution in [0.25, 0.3) is 0 Å². The zero-order chi connectivity index (χ0) is 17.3. The average molecular weight is 391 g/mol. The third-order valence-corrected chi connectivity index (χ3v) is 4.14. The molecule has 2 aromatic carbocycles. The van der Waals surface area contributed by atoms with E-state index >= 15 is 0 Å². The van der Waals surface area contributed by atoms with Gasteiger partial charge in [-0.2, -0.15) is 0 Å². The zero-order valence-corrected chi connectivity index (χ0v) is 14.0. The number of nitrogens with zero attached hydrogens (tertiary/aromatic N) is 1. The summed E-state index contributed by atoms with van der Waals surface area (Å²) >= 11 is 3.13. The summed E-state index contributed by atoms with van der Waals surface area (Å²) in [5.41, 5.74) is 0.717. The van der Waals surface area contributed by atoms with E-state index < -0.39 is 23.5 Å². The number of imide groups is 1. The van der Waals surface area contributed by atoms with E-state index in [1.54, 1.807) is 30.3 Å². The van der Waals surface area contributed by atoms with E-state index in [-0.39, 0.29) is 18.7 Å². The highest BCUT2D eigenvalue weighted by atomic mass is 79.9. The summed E-state index contributed by atoms with van der Waals surface area (Å²) in [6.45, 7) is -0.0592. The number of carbonyl (C=O) groups is 3. The molecule has 3 rings (SSSR count). The Hall–Kier alpha value is -2.54. The molecule has 1 aliphatic rings. The fourth-order valence-electron chi connectivity index (χ4n) is 2.46. The van der Waals surface area contributed by atoms with Crippen LogP contribution in [0.4, 0.5) is 10.1 Å². The normalized spacial score (nSPS) is 13.2. The van der Waals surface area contributed by atoms with Gasteiger partial charge in [0.2, 0.25) is 5.91 Å². The summed E-state index contributed by atoms with van der Waals surface area (Å²) in [5.74, 6) is -1.89. The van der Waals surface area contributed by atoms with Crippen LogP contribution < -0.4 is 5.32 Å². The van der Waals surface area contributed by atoms with Crippen molar-refractivity contribution in [1.29, 1.82) is 0 Å². The number of rotatable bonds is 4. The number of anilines is 1. The van der Waals surface area contributed by atoms with Crippen LogP contribution in [0.3, 0.4) is 0 Å². The maximum absolute atomic E-state index is 13.7. The molecule has 1 N–H and O–H groups in total. The van der Waals surface area contributed by atoms with Crippen molar-refractivity contribution in [1.82, 2.24) is 4.90 Å². The second kappa shape index (κ2) is 6.52. The number of hydrogen-bond acceptors (Lipinski definition) is 3. The molecule has 24 heavy (non-hydrogen) atoms. The minimum absolute atomic E-state index is 0.0468. The number of benzene rings is 2. The van der Waals surface area contributed by atoms with Gasteiger partial charge >= 0.3 is 0 Å². The van der Waals surface area contributed by atoms with E-state index in [0.717, 1.165) is 4.90 Å². The van der Waals surface area contributed by atoms with Crippen LogP contribution in [0.5, 0.6) is 0 Å². The molecule has 0 bridgehead atoms. The number of halogens is 2. The van der Waals surface area contributed by atoms with Gasteiger partial charge in [-0.3, -0.25) is 19.3 Å². The van der Waals surface area contributed by atoms with Gasteiger partial charge in [0.05, 0.1) is 16.8 Å². The van der Waals surface area contributed by atoms with Crippen LogP contribution in [-0.4, -0.2) is 29.2 Å². The van der Waals surface area contributed by atoms with Crippen LogP contribution in [0, 0.1) is 5.82 Å². The second-order valence-electron chi connectivity index (χ2n) is 5.23. The standard InChI is InChI=1S/C17H12BrFN2O3/c18-10-5-6-14(13(19)9-10)20-15(22)7-8-21-16(23)11-3-1-2-4-12(11)17(21)24/h1-6,9H,7-8H2,(H,20,22). The monoisotopic (exact) mass is 390 g/mol. The third-order valence-electron chi connectivity index (χ3n) is 3.65. The molecule has 0 fully saturated rings. The second-order valence-corrected chi connectivity index (χ2v) is 6.15. The van der Waals surface area contributed by atoms with Gasteiger partial charge in [-0.25, -0.2) is 4.39 Å². The molecule has 0 atom stereocenters. The highest BCUT2D eigenvalue weighted by molar-refractivity contribution is 9.10. The average Bonchev–Trinajstić information content (AvgIpc) is 2.80. The van der Waals surface area contributed by atoms with Crippen molar-refractivity contribution in [3.63, 3.8) is 0 Å². The zero-order valence-electron chi connectivity index (χ0n) is 12.4. The van der Waals surface area contributed by atoms with Crippen LogP contribution in [-0.2, 0) is 4.79 Å². The minimum atomic E-state index is -0.571. The van der Waals surface area contributed by atoms with Gasteiger partial charge in [0, 0.05) is 17.4 Å². The largest absolute Gasteiger partial charge is 0.324 e. The van der Waals surface area contributed by atoms with Crippen LogP contribution in [0.2, 0.25) is 0 Å². The highest BCUT2D eigenvalue weighted by Crippen LogP contribution is 2.23. The number of amides is 3. The molecule has 2 aromatic rings. The summed E-state index contributed by atoms with van der Waals surface area (Å²) in [7, 11) is 0. The highest BCUT2D eigenvalue weighted by Gasteiger charge is 2.34. The lowest BCUT2D eigenvalue weighted by atomic mass is 10.1. The van der Waals surface area contributed by atoms with E-state index in [2.05, 4.69) is 21.2 Å². The van der Waals surface area contributed by atoms with Gasteiger partial charge in [-0.15, -0.1) is 0 Å². The van der Waals surface area contributed by atoms with E-state index in [1.165, 1.54) is 12.1 Å². The number of nitrogens with one attached hydrogen (secondary N) is 1. The van der Waals surface area contributed by atoms with Crippen molar-refractivity contribution in [2.45, 2.75) is 6.42 Å². The molecule has 0 aromatic heterocycles. The molecule has 0 spiro atoms. The fourth-order valence-corrected chi connectivity index (χ4v) is 2.79. The first kappa shape index (κ1) is 16.3. The lowest BCUT2D eigenvalue weighted by molar-refractivity contribution is -0.116. The Labute approximate surface area is 145 Å². The Kier molecular flexibility index (Phi) is 4.44. The number of fused-ring (bicyclic) bond motifs is 1. The smallest absolute Gasteiger partial charge is 0.261 e. The number of carbonyl (C=O) groups excluding carboxylic acids is 3. The minimum Gasteiger partial charge on any atom is -0.324 e. The maximum atomic E-state index is 13.7. The van der Waals surface area contributed by atoms with Crippen molar-refractivity contribution in [2.24, 2.45) is 0 Å². The molecule has 0 unspecified atom stereocenters. The summed E-state index contributed by atoms with van der Waals surface area (Å²) in [6.07, 6.45) is -0.110. The SMILES string of the molecule is O=C(CCN1C(=O)c2ccccc2C1=O)Nc1ccc(Br)cc1F. The van der Waals surface area contributed by atoms with Gasteiger partial charge in [0.1, 0.15) is 5.82 Å². The molecule has 3 amide bonds. The predicted octanol–water partition coefficient (Wildman–Crippen LogP) is 3.21. The fraction of sp³-hybridized carbons (Fsp3) is 0.118. The lowest BCUT2D eigenvalue weighted by Gasteiger charge is -2.13. The molecule has 0 saturated heterocycles. The Morgan fingerprint density at radius 1 is 1.08 bits per heavy atom. The molecular weight excluding hydrogens is 379 g/mol. The van der Waals surface area contributed by atoms with Crippen LogP contribution in [0.1, 0.15) is 27.1 Å². The summed E-state index contributed by atoms with van der Waals surface area (Å²) in [5, 5.41) is 2.43. The molecule has 1 heterocycles. The molecule has 0 radical (unpaired) electrons. The first-order valence-corrected chi connectivity index (χ1v) is 7.97. The quantitative estimate of drug-likeness (QED) is 0.815. The van der Waals surface area contributed by atoms with Crippen molar-refractivity contribution >= 4 is 39.3 Å². The van der Waals surface area contributed by atoms with Crippen molar-refractivity contribution in [3.05, 3.63) is 63.9 Å². The summed E-state index contributed by atoms with van der Waals surface area (Å²) < 4.78 is 14.3. The van der Waals surface area contributed by atoms with Gasteiger partial charge < -0.3 is 5.32 Å². The van der Waals surface area contributed by atoms with E-state index in [0.29, 0.717) is 15.6 Å². The Balaban J connectivity index is 1.63. The van der Waals surface area contributed by atoms with Gasteiger partial charge in [-0.1, -0.05) is 28.1 Å². The molecule has 7 heteroatoms. The first-order valence-electron chi connectivity index (χ1n) is 7.17. The topological polar surface area (TPSA) is 66.5 Å². The lowest BCUT2D eigenvalue weighted by Crippen LogP contribution is -2.32. The Morgan fingerprint density at radius 3 is 2.29 bits per heavy atom. The Morgan fingerprint density at radius 2 is 1.71 bits per heavy atom. The molecule has 0 aliphatic carbocycles. The molecular formula is C17H12BrFN2O3. The third kappa shape index (κ3) is 3.07. The number of hydrogen-bond donors (Lipinski definition) is 1. The first-order chi connectivity index (χ1) is 11.5. The molecule has 0 saturated carbocycles. The van der Waals surface area contributed by atoms with Gasteiger partial charge in [0.15, 0.2) is 0 Å². The molecule has 5 nitrogen and oxygen atoms in total.